The van der Waals surface area contributed by atoms with E-state index in [-0.39, 0.29) is 10.8 Å². The largest absolute Gasteiger partial charge is 0.378 e. The zero-order chi connectivity index (χ0) is 23.0. The number of sulfonamides is 1. The molecule has 33 heavy (non-hydrogen) atoms. The number of carbonyl (C=O) groups is 1. The smallest absolute Gasteiger partial charge is 0.255 e. The van der Waals surface area contributed by atoms with Crippen LogP contribution < -0.4 is 10.2 Å². The highest BCUT2D eigenvalue weighted by molar-refractivity contribution is 7.89. The third-order valence-corrected chi connectivity index (χ3v) is 9.05. The van der Waals surface area contributed by atoms with Crippen molar-refractivity contribution in [3.8, 4) is 0 Å². The van der Waals surface area contributed by atoms with Crippen LogP contribution in [-0.4, -0.2) is 63.0 Å². The Balaban J connectivity index is 1.37. The number of hydrogen-bond acceptors (Lipinski definition) is 7. The van der Waals surface area contributed by atoms with Gasteiger partial charge in [0.05, 0.1) is 28.3 Å². The number of aryl methyl sites for hydroxylation is 1. The highest BCUT2D eigenvalue weighted by Gasteiger charge is 2.28. The van der Waals surface area contributed by atoms with Gasteiger partial charge in [0, 0.05) is 37.4 Å². The van der Waals surface area contributed by atoms with Gasteiger partial charge in [-0.1, -0.05) is 17.4 Å². The molecule has 3 heterocycles. The molecule has 0 unspecified atom stereocenters. The molecule has 0 spiro atoms. The topological polar surface area (TPSA) is 91.8 Å². The van der Waals surface area contributed by atoms with Crippen LogP contribution in [0.1, 0.15) is 28.8 Å². The molecule has 1 aromatic heterocycles. The molecular weight excluding hydrogens is 460 g/mol. The van der Waals surface area contributed by atoms with Gasteiger partial charge in [-0.15, -0.1) is 0 Å². The summed E-state index contributed by atoms with van der Waals surface area (Å²) in [5.74, 6) is -0.330. The van der Waals surface area contributed by atoms with Crippen LogP contribution in [-0.2, 0) is 14.8 Å². The summed E-state index contributed by atoms with van der Waals surface area (Å²) in [6.07, 6.45) is 1.73. The van der Waals surface area contributed by atoms with Crippen LogP contribution in [0.4, 0.5) is 10.8 Å². The predicted molar refractivity (Wildman–Crippen MR) is 130 cm³/mol. The zero-order valence-electron chi connectivity index (χ0n) is 18.4. The maximum Gasteiger partial charge on any atom is 0.255 e. The van der Waals surface area contributed by atoms with E-state index in [4.69, 9.17) is 9.72 Å². The second kappa shape index (κ2) is 9.02. The number of aromatic nitrogens is 1. The third kappa shape index (κ3) is 4.48. The van der Waals surface area contributed by atoms with Crippen molar-refractivity contribution in [2.75, 3.05) is 49.6 Å². The molecule has 0 atom stereocenters. The van der Waals surface area contributed by atoms with Gasteiger partial charge in [-0.25, -0.2) is 13.4 Å². The monoisotopic (exact) mass is 486 g/mol. The fourth-order valence-corrected chi connectivity index (χ4v) is 6.76. The molecular formula is C23H26N4O4S2. The minimum atomic E-state index is -3.59. The van der Waals surface area contributed by atoms with Gasteiger partial charge in [0.15, 0.2) is 5.13 Å². The fraction of sp³-hybridized carbons (Fsp3) is 0.391. The molecule has 2 aliphatic heterocycles. The van der Waals surface area contributed by atoms with Gasteiger partial charge in [0.25, 0.3) is 5.91 Å². The van der Waals surface area contributed by atoms with Crippen molar-refractivity contribution in [3.05, 3.63) is 47.5 Å². The first-order chi connectivity index (χ1) is 15.9. The summed E-state index contributed by atoms with van der Waals surface area (Å²) in [6.45, 7) is 5.89. The first-order valence-corrected chi connectivity index (χ1v) is 13.3. The molecule has 10 heteroatoms. The minimum Gasteiger partial charge on any atom is -0.378 e. The molecule has 2 fully saturated rings. The number of morpholine rings is 1. The molecule has 2 saturated heterocycles. The lowest BCUT2D eigenvalue weighted by Gasteiger charge is -2.25. The van der Waals surface area contributed by atoms with Crippen LogP contribution in [0.25, 0.3) is 10.2 Å². The number of ether oxygens (including phenoxy) is 1. The number of rotatable bonds is 5. The molecule has 2 aliphatic rings. The summed E-state index contributed by atoms with van der Waals surface area (Å²) in [6, 6.07) is 10.4. The SMILES string of the molecule is Cc1ccc(S(=O)(=O)N2CCCC2)cc1C(=O)Nc1ccc2nc(N3CCOCC3)sc2c1. The van der Waals surface area contributed by atoms with Crippen LogP contribution >= 0.6 is 11.3 Å². The molecule has 1 N–H and O–H groups in total. The molecule has 5 rings (SSSR count). The number of nitrogens with one attached hydrogen (secondary N) is 1. The Labute approximate surface area is 197 Å². The van der Waals surface area contributed by atoms with E-state index in [1.165, 1.54) is 10.4 Å². The van der Waals surface area contributed by atoms with Crippen molar-refractivity contribution in [1.29, 1.82) is 0 Å². The summed E-state index contributed by atoms with van der Waals surface area (Å²) in [5, 5.41) is 3.88. The van der Waals surface area contributed by atoms with E-state index in [2.05, 4.69) is 10.2 Å². The Kier molecular flexibility index (Phi) is 6.09. The average Bonchev–Trinajstić information content (AvgIpc) is 3.50. The van der Waals surface area contributed by atoms with Crippen molar-refractivity contribution in [2.24, 2.45) is 0 Å². The molecule has 0 radical (unpaired) electrons. The maximum absolute atomic E-state index is 13.1. The van der Waals surface area contributed by atoms with E-state index in [0.717, 1.165) is 46.8 Å². The lowest BCUT2D eigenvalue weighted by Crippen LogP contribution is -2.36. The number of carbonyl (C=O) groups excluding carboxylic acids is 1. The van der Waals surface area contributed by atoms with Crippen molar-refractivity contribution < 1.29 is 17.9 Å². The first kappa shape index (κ1) is 22.3. The number of hydrogen-bond donors (Lipinski definition) is 1. The molecule has 2 aromatic carbocycles. The zero-order valence-corrected chi connectivity index (χ0v) is 20.0. The van der Waals surface area contributed by atoms with Gasteiger partial charge in [-0.3, -0.25) is 4.79 Å². The van der Waals surface area contributed by atoms with Crippen molar-refractivity contribution in [3.63, 3.8) is 0 Å². The standard InChI is InChI=1S/C23H26N4O4S2/c1-16-4-6-18(33(29,30)27-8-2-3-9-27)15-19(16)22(28)24-17-5-7-20-21(14-17)32-23(25-20)26-10-12-31-13-11-26/h4-7,14-15H,2-3,8-13H2,1H3,(H,24,28). The predicted octanol–water partition coefficient (Wildman–Crippen LogP) is 3.48. The van der Waals surface area contributed by atoms with Gasteiger partial charge >= 0.3 is 0 Å². The highest BCUT2D eigenvalue weighted by Crippen LogP contribution is 2.31. The normalized spacial score (nSPS) is 17.5. The van der Waals surface area contributed by atoms with Gasteiger partial charge < -0.3 is 15.0 Å². The number of fused-ring (bicyclic) bond motifs is 1. The average molecular weight is 487 g/mol. The Morgan fingerprint density at radius 1 is 1.06 bits per heavy atom. The number of anilines is 2. The van der Waals surface area contributed by atoms with Gasteiger partial charge in [-0.2, -0.15) is 4.31 Å². The lowest BCUT2D eigenvalue weighted by molar-refractivity contribution is 0.102. The Bertz CT molecular complexity index is 1290. The van der Waals surface area contributed by atoms with Crippen LogP contribution in [0.15, 0.2) is 41.3 Å². The summed E-state index contributed by atoms with van der Waals surface area (Å²) in [7, 11) is -3.59. The number of nitrogens with zero attached hydrogens (tertiary/aromatic N) is 3. The summed E-state index contributed by atoms with van der Waals surface area (Å²) < 4.78 is 33.8. The Hall–Kier alpha value is -2.53. The van der Waals surface area contributed by atoms with E-state index in [9.17, 15) is 13.2 Å². The van der Waals surface area contributed by atoms with Gasteiger partial charge in [0.2, 0.25) is 10.0 Å². The first-order valence-electron chi connectivity index (χ1n) is 11.1. The second-order valence-electron chi connectivity index (χ2n) is 8.32. The minimum absolute atomic E-state index is 0.160. The van der Waals surface area contributed by atoms with E-state index >= 15 is 0 Å². The van der Waals surface area contributed by atoms with E-state index in [1.54, 1.807) is 23.5 Å². The molecule has 3 aromatic rings. The number of amides is 1. The van der Waals surface area contributed by atoms with Crippen LogP contribution in [0, 0.1) is 6.92 Å². The highest BCUT2D eigenvalue weighted by atomic mass is 32.2. The van der Waals surface area contributed by atoms with Crippen LogP contribution in [0.2, 0.25) is 0 Å². The molecule has 8 nitrogen and oxygen atoms in total. The second-order valence-corrected chi connectivity index (χ2v) is 11.3. The third-order valence-electron chi connectivity index (χ3n) is 6.07. The van der Waals surface area contributed by atoms with E-state index < -0.39 is 10.0 Å². The summed E-state index contributed by atoms with van der Waals surface area (Å²) in [5.41, 5.74) is 2.61. The maximum atomic E-state index is 13.1. The summed E-state index contributed by atoms with van der Waals surface area (Å²) in [4.78, 5) is 20.2. The summed E-state index contributed by atoms with van der Waals surface area (Å²) >= 11 is 1.59. The molecule has 0 saturated carbocycles. The molecule has 0 aliphatic carbocycles. The Morgan fingerprint density at radius 2 is 1.82 bits per heavy atom. The van der Waals surface area contributed by atoms with Crippen LogP contribution in [0.5, 0.6) is 0 Å². The molecule has 1 amide bonds. The fourth-order valence-electron chi connectivity index (χ4n) is 4.16. The van der Waals surface area contributed by atoms with Crippen molar-refractivity contribution >= 4 is 48.3 Å². The Morgan fingerprint density at radius 3 is 2.58 bits per heavy atom. The molecule has 0 bridgehead atoms. The van der Waals surface area contributed by atoms with E-state index in [1.807, 2.05) is 25.1 Å². The van der Waals surface area contributed by atoms with E-state index in [0.29, 0.717) is 37.6 Å². The van der Waals surface area contributed by atoms with Gasteiger partial charge in [-0.05, 0) is 55.7 Å². The quantitative estimate of drug-likeness (QED) is 0.594. The van der Waals surface area contributed by atoms with Gasteiger partial charge in [0.1, 0.15) is 0 Å². The number of thiazole rings is 1. The van der Waals surface area contributed by atoms with Crippen LogP contribution in [0.3, 0.4) is 0 Å². The molecule has 174 valence electrons. The van der Waals surface area contributed by atoms with Crippen molar-refractivity contribution in [2.45, 2.75) is 24.7 Å². The van der Waals surface area contributed by atoms with Crippen molar-refractivity contribution in [1.82, 2.24) is 9.29 Å². The number of benzene rings is 2. The lowest BCUT2D eigenvalue weighted by atomic mass is 10.1.